The largest absolute Gasteiger partial charge is 0.392 e. The molecule has 0 amide bonds. The minimum absolute atomic E-state index is 0.0941. The summed E-state index contributed by atoms with van der Waals surface area (Å²) in [5, 5.41) is 11.0. The summed E-state index contributed by atoms with van der Waals surface area (Å²) in [6, 6.07) is 0. The van der Waals surface area contributed by atoms with Crippen LogP contribution < -0.4 is 0 Å². The summed E-state index contributed by atoms with van der Waals surface area (Å²) in [6.45, 7) is 9.14. The molecule has 20 heavy (non-hydrogen) atoms. The Balaban J connectivity index is 1.72. The maximum atomic E-state index is 11.0. The van der Waals surface area contributed by atoms with Crippen molar-refractivity contribution >= 4 is 0 Å². The van der Waals surface area contributed by atoms with Gasteiger partial charge in [-0.05, 0) is 19.3 Å². The fraction of sp³-hybridized carbons (Fsp3) is 1.00. The molecule has 0 radical (unpaired) electrons. The first-order chi connectivity index (χ1) is 9.55. The van der Waals surface area contributed by atoms with Gasteiger partial charge in [0.05, 0.1) is 11.8 Å². The number of nitrogens with zero attached hydrogens (tertiary/aromatic N) is 2. The molecule has 1 N–H and O–H groups in total. The first kappa shape index (κ1) is 13.5. The van der Waals surface area contributed by atoms with Crippen molar-refractivity contribution in [1.29, 1.82) is 0 Å². The van der Waals surface area contributed by atoms with E-state index in [9.17, 15) is 5.11 Å². The van der Waals surface area contributed by atoms with E-state index in [1.54, 1.807) is 0 Å². The first-order valence-corrected chi connectivity index (χ1v) is 8.73. The summed E-state index contributed by atoms with van der Waals surface area (Å²) in [6.07, 6.45) is 9.23. The molecule has 3 atom stereocenters. The monoisotopic (exact) mass is 278 g/mol. The fourth-order valence-electron chi connectivity index (χ4n) is 6.26. The van der Waals surface area contributed by atoms with Crippen LogP contribution in [0, 0.1) is 10.8 Å². The summed E-state index contributed by atoms with van der Waals surface area (Å²) < 4.78 is 0. The predicted octanol–water partition coefficient (Wildman–Crippen LogP) is 2.45. The fourth-order valence-corrected chi connectivity index (χ4v) is 6.26. The molecule has 0 aromatic rings. The second-order valence-corrected chi connectivity index (χ2v) is 8.42. The highest BCUT2D eigenvalue weighted by atomic mass is 16.3. The Bertz CT molecular complexity index is 384. The van der Waals surface area contributed by atoms with Crippen LogP contribution in [0.4, 0.5) is 0 Å². The molecule has 1 spiro atoms. The molecule has 5 fully saturated rings. The van der Waals surface area contributed by atoms with Gasteiger partial charge in [-0.15, -0.1) is 0 Å². The zero-order chi connectivity index (χ0) is 14.0. The Morgan fingerprint density at radius 3 is 2.15 bits per heavy atom. The van der Waals surface area contributed by atoms with E-state index in [4.69, 9.17) is 0 Å². The number of rotatable bonds is 2. The van der Waals surface area contributed by atoms with Gasteiger partial charge in [0, 0.05) is 37.0 Å². The zero-order valence-corrected chi connectivity index (χ0v) is 13.2. The molecule has 3 unspecified atom stereocenters. The third kappa shape index (κ3) is 1.52. The van der Waals surface area contributed by atoms with Crippen molar-refractivity contribution in [3.8, 4) is 0 Å². The Kier molecular flexibility index (Phi) is 2.85. The molecule has 0 aromatic heterocycles. The van der Waals surface area contributed by atoms with Gasteiger partial charge in [-0.1, -0.05) is 39.5 Å². The van der Waals surface area contributed by atoms with Crippen LogP contribution in [0.2, 0.25) is 0 Å². The second-order valence-electron chi connectivity index (χ2n) is 8.42. The highest BCUT2D eigenvalue weighted by Crippen LogP contribution is 2.58. The van der Waals surface area contributed by atoms with Crippen LogP contribution in [0.1, 0.15) is 58.8 Å². The number of aliphatic hydroxyl groups is 1. The van der Waals surface area contributed by atoms with E-state index in [-0.39, 0.29) is 16.9 Å². The Morgan fingerprint density at radius 2 is 1.60 bits per heavy atom. The molecule has 1 saturated carbocycles. The Labute approximate surface area is 123 Å². The highest BCUT2D eigenvalue weighted by Gasteiger charge is 2.67. The van der Waals surface area contributed by atoms with E-state index in [1.165, 1.54) is 44.9 Å². The Hall–Kier alpha value is -0.120. The number of hydrogen-bond acceptors (Lipinski definition) is 3. The average molecular weight is 278 g/mol. The van der Waals surface area contributed by atoms with E-state index in [2.05, 4.69) is 23.6 Å². The van der Waals surface area contributed by atoms with Crippen LogP contribution in [0.5, 0.6) is 0 Å². The van der Waals surface area contributed by atoms with E-state index < -0.39 is 0 Å². The van der Waals surface area contributed by atoms with Gasteiger partial charge in [0.2, 0.25) is 0 Å². The third-order valence-corrected chi connectivity index (χ3v) is 6.94. The van der Waals surface area contributed by atoms with Crippen LogP contribution in [-0.2, 0) is 0 Å². The molecule has 4 bridgehead atoms. The number of aliphatic hydroxyl groups excluding tert-OH is 1. The molecule has 4 heterocycles. The lowest BCUT2D eigenvalue weighted by Gasteiger charge is -2.74. The van der Waals surface area contributed by atoms with E-state index >= 15 is 0 Å². The molecule has 1 aliphatic carbocycles. The van der Waals surface area contributed by atoms with Crippen molar-refractivity contribution in [3.63, 3.8) is 0 Å². The molecule has 5 aliphatic rings. The molecular formula is C17H30N2O. The maximum Gasteiger partial charge on any atom is 0.0738 e. The van der Waals surface area contributed by atoms with Crippen molar-refractivity contribution in [2.75, 3.05) is 26.2 Å². The maximum absolute atomic E-state index is 11.0. The van der Waals surface area contributed by atoms with Crippen LogP contribution in [0.3, 0.4) is 0 Å². The molecule has 5 rings (SSSR count). The molecule has 0 aromatic carbocycles. The predicted molar refractivity (Wildman–Crippen MR) is 80.4 cm³/mol. The second kappa shape index (κ2) is 4.21. The lowest BCUT2D eigenvalue weighted by Crippen LogP contribution is -2.84. The number of piperidine rings is 2. The SMILES string of the molecule is CCCC12CN3CC(C)(CN(C1)C31CCCCC1)C2O. The van der Waals surface area contributed by atoms with Crippen molar-refractivity contribution in [1.82, 2.24) is 9.80 Å². The molecule has 4 aliphatic heterocycles. The Morgan fingerprint density at radius 1 is 1.00 bits per heavy atom. The normalized spacial score (nSPS) is 52.6. The van der Waals surface area contributed by atoms with Gasteiger partial charge in [0.25, 0.3) is 0 Å². The van der Waals surface area contributed by atoms with Crippen LogP contribution in [0.15, 0.2) is 0 Å². The standard InChI is InChI=1S/C17H30N2O/c1-3-7-16-12-18-10-15(2,14(16)20)11-19(13-16)17(18)8-5-4-6-9-17/h14,20H,3-13H2,1-2H3. The first-order valence-electron chi connectivity index (χ1n) is 8.73. The van der Waals surface area contributed by atoms with Gasteiger partial charge in [-0.2, -0.15) is 0 Å². The number of hydrogen-bond donors (Lipinski definition) is 1. The van der Waals surface area contributed by atoms with Gasteiger partial charge in [-0.3, -0.25) is 9.80 Å². The summed E-state index contributed by atoms with van der Waals surface area (Å²) in [5.41, 5.74) is 0.631. The highest BCUT2D eigenvalue weighted by molar-refractivity contribution is 5.18. The van der Waals surface area contributed by atoms with Gasteiger partial charge in [-0.25, -0.2) is 0 Å². The summed E-state index contributed by atoms with van der Waals surface area (Å²) in [5.74, 6) is 0. The van der Waals surface area contributed by atoms with Gasteiger partial charge in [0.1, 0.15) is 0 Å². The quantitative estimate of drug-likeness (QED) is 0.840. The summed E-state index contributed by atoms with van der Waals surface area (Å²) in [4.78, 5) is 5.59. The van der Waals surface area contributed by atoms with E-state index in [0.29, 0.717) is 5.66 Å². The lowest BCUT2D eigenvalue weighted by atomic mass is 9.56. The minimum Gasteiger partial charge on any atom is -0.392 e. The van der Waals surface area contributed by atoms with E-state index in [0.717, 1.165) is 26.2 Å². The molecule has 3 nitrogen and oxygen atoms in total. The topological polar surface area (TPSA) is 26.7 Å². The average Bonchev–Trinajstić information content (AvgIpc) is 2.42. The van der Waals surface area contributed by atoms with Gasteiger partial charge in [0.15, 0.2) is 0 Å². The van der Waals surface area contributed by atoms with Gasteiger partial charge >= 0.3 is 0 Å². The summed E-state index contributed by atoms with van der Waals surface area (Å²) >= 11 is 0. The molecule has 3 heteroatoms. The van der Waals surface area contributed by atoms with E-state index in [1.807, 2.05) is 0 Å². The van der Waals surface area contributed by atoms with Crippen molar-refractivity contribution in [2.45, 2.75) is 70.6 Å². The van der Waals surface area contributed by atoms with Crippen LogP contribution in [-0.4, -0.2) is 52.9 Å². The minimum atomic E-state index is -0.0941. The van der Waals surface area contributed by atoms with Crippen molar-refractivity contribution < 1.29 is 5.11 Å². The summed E-state index contributed by atoms with van der Waals surface area (Å²) in [7, 11) is 0. The van der Waals surface area contributed by atoms with Crippen LogP contribution in [0.25, 0.3) is 0 Å². The van der Waals surface area contributed by atoms with Crippen LogP contribution >= 0.6 is 0 Å². The molecular weight excluding hydrogens is 248 g/mol. The van der Waals surface area contributed by atoms with Gasteiger partial charge < -0.3 is 5.11 Å². The lowest BCUT2D eigenvalue weighted by molar-refractivity contribution is -0.300. The third-order valence-electron chi connectivity index (χ3n) is 6.94. The molecule has 4 saturated heterocycles. The smallest absolute Gasteiger partial charge is 0.0738 e. The molecule has 114 valence electrons. The van der Waals surface area contributed by atoms with Crippen molar-refractivity contribution in [3.05, 3.63) is 0 Å². The zero-order valence-electron chi connectivity index (χ0n) is 13.2. The van der Waals surface area contributed by atoms with Crippen molar-refractivity contribution in [2.24, 2.45) is 10.8 Å².